The molecule has 0 bridgehead atoms. The first-order valence-electron chi connectivity index (χ1n) is 2.95. The molecule has 55 valence electrons. The lowest BCUT2D eigenvalue weighted by Crippen LogP contribution is -1.87. The van der Waals surface area contributed by atoms with E-state index in [-0.39, 0.29) is 5.56 Å². The Bertz CT molecular complexity index is 303. The average molecular weight is 150 g/mol. The molecule has 0 aliphatic carbocycles. The van der Waals surface area contributed by atoms with E-state index in [4.69, 9.17) is 10.4 Å². The first-order chi connectivity index (χ1) is 5.27. The van der Waals surface area contributed by atoms with Gasteiger partial charge in [-0.2, -0.15) is 5.26 Å². The van der Waals surface area contributed by atoms with Gasteiger partial charge >= 0.3 is 0 Å². The van der Waals surface area contributed by atoms with Crippen molar-refractivity contribution in [3.8, 4) is 6.07 Å². The summed E-state index contributed by atoms with van der Waals surface area (Å²) in [5, 5.41) is 16.8. The number of benzene rings is 1. The topological polar surface area (TPSA) is 44.0 Å². The molecular formula is C8H5FNO. The van der Waals surface area contributed by atoms with Gasteiger partial charge in [-0.05, 0) is 18.2 Å². The zero-order valence-electron chi connectivity index (χ0n) is 5.58. The zero-order chi connectivity index (χ0) is 8.27. The van der Waals surface area contributed by atoms with Gasteiger partial charge in [0.15, 0.2) is 0 Å². The minimum absolute atomic E-state index is 0.0315. The van der Waals surface area contributed by atoms with Crippen molar-refractivity contribution in [2.45, 2.75) is 0 Å². The van der Waals surface area contributed by atoms with Crippen LogP contribution in [0.25, 0.3) is 0 Å². The van der Waals surface area contributed by atoms with Crippen molar-refractivity contribution in [3.63, 3.8) is 0 Å². The summed E-state index contributed by atoms with van der Waals surface area (Å²) in [6, 6.07) is 5.59. The fraction of sp³-hybridized carbons (Fsp3) is 0. The van der Waals surface area contributed by atoms with Gasteiger partial charge in [0.25, 0.3) is 0 Å². The number of nitrogens with zero attached hydrogens (tertiary/aromatic N) is 1. The molecule has 0 atom stereocenters. The molecule has 11 heavy (non-hydrogen) atoms. The van der Waals surface area contributed by atoms with E-state index in [2.05, 4.69) is 0 Å². The first-order valence-corrected chi connectivity index (χ1v) is 2.95. The van der Waals surface area contributed by atoms with E-state index >= 15 is 0 Å². The van der Waals surface area contributed by atoms with Gasteiger partial charge in [-0.25, -0.2) is 4.39 Å². The summed E-state index contributed by atoms with van der Waals surface area (Å²) in [7, 11) is 0. The van der Waals surface area contributed by atoms with Crippen molar-refractivity contribution in [2.75, 3.05) is 0 Å². The van der Waals surface area contributed by atoms with E-state index in [1.54, 1.807) is 0 Å². The highest BCUT2D eigenvalue weighted by Crippen LogP contribution is 2.10. The SMILES string of the molecule is N#Cc1ccc(F)c([CH]O)c1. The number of rotatable bonds is 1. The highest BCUT2D eigenvalue weighted by molar-refractivity contribution is 5.35. The maximum Gasteiger partial charge on any atom is 0.129 e. The van der Waals surface area contributed by atoms with Crippen molar-refractivity contribution >= 4 is 0 Å². The molecule has 0 spiro atoms. The normalized spacial score (nSPS) is 9.18. The largest absolute Gasteiger partial charge is 0.385 e. The quantitative estimate of drug-likeness (QED) is 0.660. The van der Waals surface area contributed by atoms with Crippen LogP contribution in [-0.2, 0) is 0 Å². The molecule has 1 rings (SSSR count). The van der Waals surface area contributed by atoms with Crippen LogP contribution in [0.3, 0.4) is 0 Å². The lowest BCUT2D eigenvalue weighted by atomic mass is 10.1. The third-order valence-electron chi connectivity index (χ3n) is 1.26. The monoisotopic (exact) mass is 150 g/mol. The fourth-order valence-corrected chi connectivity index (χ4v) is 0.712. The second-order valence-corrected chi connectivity index (χ2v) is 1.98. The van der Waals surface area contributed by atoms with E-state index in [1.807, 2.05) is 6.07 Å². The predicted octanol–water partition coefficient (Wildman–Crippen LogP) is 1.58. The van der Waals surface area contributed by atoms with Crippen LogP contribution in [0, 0.1) is 23.8 Å². The van der Waals surface area contributed by atoms with E-state index in [9.17, 15) is 4.39 Å². The molecule has 0 aliphatic heterocycles. The van der Waals surface area contributed by atoms with Crippen molar-refractivity contribution in [3.05, 3.63) is 41.8 Å². The average Bonchev–Trinajstić information content (AvgIpc) is 2.05. The molecule has 0 amide bonds. The van der Waals surface area contributed by atoms with E-state index < -0.39 is 5.82 Å². The smallest absolute Gasteiger partial charge is 0.129 e. The van der Waals surface area contributed by atoms with Gasteiger partial charge in [0, 0.05) is 5.56 Å². The summed E-state index contributed by atoms with van der Waals surface area (Å²) >= 11 is 0. The van der Waals surface area contributed by atoms with Crippen molar-refractivity contribution in [1.29, 1.82) is 5.26 Å². The maximum absolute atomic E-state index is 12.6. The van der Waals surface area contributed by atoms with Gasteiger partial charge in [-0.1, -0.05) is 0 Å². The second-order valence-electron chi connectivity index (χ2n) is 1.98. The van der Waals surface area contributed by atoms with Crippen molar-refractivity contribution in [2.24, 2.45) is 0 Å². The number of aliphatic hydroxyl groups excluding tert-OH is 1. The number of halogens is 1. The Morgan fingerprint density at radius 1 is 1.55 bits per heavy atom. The Morgan fingerprint density at radius 2 is 2.27 bits per heavy atom. The summed E-state index contributed by atoms with van der Waals surface area (Å²) in [6.45, 7) is 0.635. The van der Waals surface area contributed by atoms with Crippen LogP contribution < -0.4 is 0 Å². The van der Waals surface area contributed by atoms with Crippen LogP contribution in [0.1, 0.15) is 11.1 Å². The zero-order valence-corrected chi connectivity index (χ0v) is 5.58. The minimum atomic E-state index is -0.536. The molecule has 2 nitrogen and oxygen atoms in total. The van der Waals surface area contributed by atoms with Gasteiger partial charge in [0.05, 0.1) is 11.6 Å². The summed E-state index contributed by atoms with van der Waals surface area (Å²) in [6.07, 6.45) is 0. The molecule has 3 heteroatoms. The van der Waals surface area contributed by atoms with Crippen molar-refractivity contribution < 1.29 is 9.50 Å². The Labute approximate surface area is 63.5 Å². The lowest BCUT2D eigenvalue weighted by molar-refractivity contribution is 0.407. The van der Waals surface area contributed by atoms with Crippen LogP contribution in [0.15, 0.2) is 18.2 Å². The lowest BCUT2D eigenvalue weighted by Gasteiger charge is -1.96. The second kappa shape index (κ2) is 3.13. The van der Waals surface area contributed by atoms with Crippen LogP contribution in [-0.4, -0.2) is 5.11 Å². The molecular weight excluding hydrogens is 145 g/mol. The molecule has 1 aromatic rings. The van der Waals surface area contributed by atoms with Gasteiger partial charge in [-0.3, -0.25) is 0 Å². The standard InChI is InChI=1S/C8H5FNO/c9-8-2-1-6(4-10)3-7(8)5-11/h1-3,5,11H. The minimum Gasteiger partial charge on any atom is -0.385 e. The van der Waals surface area contributed by atoms with Gasteiger partial charge < -0.3 is 5.11 Å². The van der Waals surface area contributed by atoms with Crippen LogP contribution in [0.2, 0.25) is 0 Å². The molecule has 0 heterocycles. The molecule has 0 aliphatic rings. The van der Waals surface area contributed by atoms with E-state index in [1.165, 1.54) is 12.1 Å². The van der Waals surface area contributed by atoms with Gasteiger partial charge in [0.2, 0.25) is 0 Å². The van der Waals surface area contributed by atoms with Crippen LogP contribution in [0.4, 0.5) is 4.39 Å². The predicted molar refractivity (Wildman–Crippen MR) is 36.5 cm³/mol. The fourth-order valence-electron chi connectivity index (χ4n) is 0.712. The van der Waals surface area contributed by atoms with E-state index in [0.717, 1.165) is 6.07 Å². The molecule has 0 saturated carbocycles. The highest BCUT2D eigenvalue weighted by Gasteiger charge is 2.01. The molecule has 1 N–H and O–H groups in total. The van der Waals surface area contributed by atoms with Crippen molar-refractivity contribution in [1.82, 2.24) is 0 Å². The van der Waals surface area contributed by atoms with E-state index in [0.29, 0.717) is 12.2 Å². The maximum atomic E-state index is 12.6. The number of hydrogen-bond donors (Lipinski definition) is 1. The van der Waals surface area contributed by atoms with Gasteiger partial charge in [0.1, 0.15) is 12.4 Å². The number of hydrogen-bond acceptors (Lipinski definition) is 2. The number of aliphatic hydroxyl groups is 1. The summed E-state index contributed by atoms with van der Waals surface area (Å²) in [4.78, 5) is 0. The Balaban J connectivity index is 3.15. The van der Waals surface area contributed by atoms with Gasteiger partial charge in [-0.15, -0.1) is 0 Å². The highest BCUT2D eigenvalue weighted by atomic mass is 19.1. The Hall–Kier alpha value is -1.40. The molecule has 0 fully saturated rings. The molecule has 0 saturated heterocycles. The molecule has 1 aromatic carbocycles. The Kier molecular flexibility index (Phi) is 2.19. The van der Waals surface area contributed by atoms with Crippen LogP contribution in [0.5, 0.6) is 0 Å². The third-order valence-corrected chi connectivity index (χ3v) is 1.26. The summed E-state index contributed by atoms with van der Waals surface area (Å²) in [5.41, 5.74) is 0.357. The third kappa shape index (κ3) is 1.54. The molecule has 0 unspecified atom stereocenters. The Morgan fingerprint density at radius 3 is 2.82 bits per heavy atom. The molecule has 0 aromatic heterocycles. The summed E-state index contributed by atoms with van der Waals surface area (Å²) in [5.74, 6) is -0.536. The summed E-state index contributed by atoms with van der Waals surface area (Å²) < 4.78 is 12.6. The first kappa shape index (κ1) is 7.70. The number of nitriles is 1. The molecule has 1 radical (unpaired) electrons. The van der Waals surface area contributed by atoms with Crippen LogP contribution >= 0.6 is 0 Å².